The summed E-state index contributed by atoms with van der Waals surface area (Å²) < 4.78 is 16.6. The summed E-state index contributed by atoms with van der Waals surface area (Å²) in [7, 11) is 3.07. The Bertz CT molecular complexity index is 1230. The first-order valence-electron chi connectivity index (χ1n) is 10.2. The second-order valence-electron chi connectivity index (χ2n) is 7.03. The highest BCUT2D eigenvalue weighted by Crippen LogP contribution is 2.50. The molecule has 0 aromatic heterocycles. The lowest BCUT2D eigenvalue weighted by atomic mass is 9.91. The van der Waals surface area contributed by atoms with Crippen molar-refractivity contribution < 1.29 is 19.0 Å². The molecule has 0 bridgehead atoms. The first kappa shape index (κ1) is 22.3. The normalized spacial score (nSPS) is 17.3. The van der Waals surface area contributed by atoms with Gasteiger partial charge in [0.05, 0.1) is 32.1 Å². The van der Waals surface area contributed by atoms with Gasteiger partial charge in [-0.1, -0.05) is 42.5 Å². The molecule has 2 aromatic rings. The molecular formula is C24H22N4O4S. The van der Waals surface area contributed by atoms with Gasteiger partial charge in [-0.2, -0.15) is 5.26 Å². The Morgan fingerprint density at radius 3 is 2.58 bits per heavy atom. The van der Waals surface area contributed by atoms with E-state index in [4.69, 9.17) is 24.9 Å². The summed E-state index contributed by atoms with van der Waals surface area (Å²) in [6.45, 7) is 1.93. The molecule has 0 spiro atoms. The number of aliphatic imine (C=N–C) groups is 1. The van der Waals surface area contributed by atoms with E-state index >= 15 is 0 Å². The van der Waals surface area contributed by atoms with Gasteiger partial charge in [-0.25, -0.2) is 9.79 Å². The fourth-order valence-corrected chi connectivity index (χ4v) is 4.75. The van der Waals surface area contributed by atoms with Gasteiger partial charge in [-0.3, -0.25) is 4.90 Å². The fraction of sp³-hybridized carbons (Fsp3) is 0.208. The topological polar surface area (TPSA) is 110 Å². The fourth-order valence-electron chi connectivity index (χ4n) is 3.88. The zero-order valence-electron chi connectivity index (χ0n) is 18.4. The summed E-state index contributed by atoms with van der Waals surface area (Å²) in [5, 5.41) is 10.1. The molecule has 2 heterocycles. The maximum Gasteiger partial charge on any atom is 0.338 e. The van der Waals surface area contributed by atoms with Crippen molar-refractivity contribution in [1.82, 2.24) is 4.90 Å². The van der Waals surface area contributed by atoms with Crippen LogP contribution < -0.4 is 15.2 Å². The summed E-state index contributed by atoms with van der Waals surface area (Å²) in [4.78, 5) is 20.1. The summed E-state index contributed by atoms with van der Waals surface area (Å²) >= 11 is 1.16. The lowest BCUT2D eigenvalue weighted by Crippen LogP contribution is -2.39. The molecule has 0 radical (unpaired) electrons. The number of nitrogens with zero attached hydrogens (tertiary/aromatic N) is 3. The number of nitrogens with two attached hydrogens (primary N) is 1. The maximum atomic E-state index is 13.4. The van der Waals surface area contributed by atoms with Crippen LogP contribution in [0, 0.1) is 11.3 Å². The van der Waals surface area contributed by atoms with Gasteiger partial charge in [-0.05, 0) is 24.8 Å². The minimum absolute atomic E-state index is 0.187. The number of para-hydroxylation sites is 1. The van der Waals surface area contributed by atoms with Crippen LogP contribution in [0.15, 0.2) is 69.8 Å². The molecule has 168 valence electrons. The van der Waals surface area contributed by atoms with Crippen molar-refractivity contribution in [2.45, 2.75) is 13.0 Å². The molecule has 0 fully saturated rings. The standard InChI is InChI=1S/C24H22N4O4S/c1-4-32-23(29)18-19(14-9-6-5-7-10-14)27-24-28(22(26)17(13-25)33-24)20(18)15-11-8-12-16(30-2)21(15)31-3/h5-12,20H,4,26H2,1-3H3/t20-/m0/s1. The quantitative estimate of drug-likeness (QED) is 0.646. The zero-order chi connectivity index (χ0) is 23.5. The van der Waals surface area contributed by atoms with E-state index in [2.05, 4.69) is 6.07 Å². The number of hydrogen-bond donors (Lipinski definition) is 1. The molecule has 0 amide bonds. The average molecular weight is 463 g/mol. The summed E-state index contributed by atoms with van der Waals surface area (Å²) in [6, 6.07) is 16.1. The van der Waals surface area contributed by atoms with E-state index in [0.717, 1.165) is 17.3 Å². The average Bonchev–Trinajstić information content (AvgIpc) is 3.18. The Labute approximate surface area is 195 Å². The van der Waals surface area contributed by atoms with Crippen LogP contribution >= 0.6 is 11.8 Å². The molecule has 0 saturated carbocycles. The van der Waals surface area contributed by atoms with Crippen molar-refractivity contribution in [3.63, 3.8) is 0 Å². The minimum atomic E-state index is -0.754. The van der Waals surface area contributed by atoms with Crippen LogP contribution in [0.1, 0.15) is 24.1 Å². The van der Waals surface area contributed by atoms with E-state index in [1.54, 1.807) is 31.1 Å². The Kier molecular flexibility index (Phi) is 6.29. The lowest BCUT2D eigenvalue weighted by molar-refractivity contribution is -0.139. The van der Waals surface area contributed by atoms with E-state index in [0.29, 0.717) is 38.4 Å². The lowest BCUT2D eigenvalue weighted by Gasteiger charge is -2.36. The summed E-state index contributed by atoms with van der Waals surface area (Å²) in [5.41, 5.74) is 8.50. The van der Waals surface area contributed by atoms with Crippen LogP contribution in [0.5, 0.6) is 11.5 Å². The van der Waals surface area contributed by atoms with E-state index < -0.39 is 12.0 Å². The number of benzene rings is 2. The molecule has 2 N–H and O–H groups in total. The molecule has 1 atom stereocenters. The smallest absolute Gasteiger partial charge is 0.338 e. The Balaban J connectivity index is 2.06. The Morgan fingerprint density at radius 2 is 1.94 bits per heavy atom. The number of allylic oxidation sites excluding steroid dienone is 1. The third kappa shape index (κ3) is 3.79. The van der Waals surface area contributed by atoms with Crippen LogP contribution in [-0.4, -0.2) is 36.9 Å². The Morgan fingerprint density at radius 1 is 1.18 bits per heavy atom. The van der Waals surface area contributed by atoms with Crippen molar-refractivity contribution in [1.29, 1.82) is 5.26 Å². The second kappa shape index (κ2) is 9.30. The minimum Gasteiger partial charge on any atom is -0.493 e. The molecule has 33 heavy (non-hydrogen) atoms. The highest BCUT2D eigenvalue weighted by molar-refractivity contribution is 8.17. The van der Waals surface area contributed by atoms with Crippen molar-refractivity contribution in [2.75, 3.05) is 20.8 Å². The van der Waals surface area contributed by atoms with Gasteiger partial charge in [0.15, 0.2) is 16.7 Å². The van der Waals surface area contributed by atoms with Gasteiger partial charge in [0.2, 0.25) is 0 Å². The number of hydrogen-bond acceptors (Lipinski definition) is 9. The van der Waals surface area contributed by atoms with Gasteiger partial charge >= 0.3 is 5.97 Å². The molecule has 0 aliphatic carbocycles. The third-order valence-electron chi connectivity index (χ3n) is 5.26. The van der Waals surface area contributed by atoms with Crippen LogP contribution in [0.3, 0.4) is 0 Å². The molecule has 0 unspecified atom stereocenters. The maximum absolute atomic E-state index is 13.4. The summed E-state index contributed by atoms with van der Waals surface area (Å²) in [6.07, 6.45) is 0. The van der Waals surface area contributed by atoms with Gasteiger partial charge < -0.3 is 19.9 Å². The second-order valence-corrected chi connectivity index (χ2v) is 8.00. The number of nitriles is 1. The number of rotatable bonds is 6. The van der Waals surface area contributed by atoms with Crippen molar-refractivity contribution in [3.05, 3.63) is 76.0 Å². The molecule has 8 nitrogen and oxygen atoms in total. The molecule has 2 aromatic carbocycles. The van der Waals surface area contributed by atoms with Gasteiger partial charge in [-0.15, -0.1) is 0 Å². The van der Waals surface area contributed by atoms with E-state index in [9.17, 15) is 10.1 Å². The number of carbonyl (C=O) groups is 1. The number of fused-ring (bicyclic) bond motifs is 1. The number of carbonyl (C=O) groups excluding carboxylic acids is 1. The SMILES string of the molecule is CCOC(=O)C1=C(c2ccccc2)N=C2SC(C#N)=C(N)N2[C@H]1c1cccc(OC)c1OC. The van der Waals surface area contributed by atoms with Crippen molar-refractivity contribution in [3.8, 4) is 17.6 Å². The molecule has 2 aliphatic heterocycles. The molecule has 0 saturated heterocycles. The van der Waals surface area contributed by atoms with Gasteiger partial charge in [0.1, 0.15) is 22.8 Å². The van der Waals surface area contributed by atoms with Crippen LogP contribution in [0.2, 0.25) is 0 Å². The van der Waals surface area contributed by atoms with Crippen molar-refractivity contribution >= 4 is 28.6 Å². The molecule has 4 rings (SSSR count). The number of thioether (sulfide) groups is 1. The first-order valence-corrected chi connectivity index (χ1v) is 11.0. The Hall–Kier alpha value is -3.90. The van der Waals surface area contributed by atoms with Crippen molar-refractivity contribution in [2.24, 2.45) is 10.7 Å². The highest BCUT2D eigenvalue weighted by Gasteiger charge is 2.45. The van der Waals surface area contributed by atoms with Crippen LogP contribution in [0.25, 0.3) is 5.70 Å². The van der Waals surface area contributed by atoms with Gasteiger partial charge in [0, 0.05) is 11.1 Å². The molecule has 2 aliphatic rings. The van der Waals surface area contributed by atoms with E-state index in [-0.39, 0.29) is 12.4 Å². The summed E-state index contributed by atoms with van der Waals surface area (Å²) in [5.74, 6) is 0.629. The van der Waals surface area contributed by atoms with Crippen LogP contribution in [0.4, 0.5) is 0 Å². The third-order valence-corrected chi connectivity index (χ3v) is 6.23. The number of amidine groups is 1. The van der Waals surface area contributed by atoms with Crippen LogP contribution in [-0.2, 0) is 9.53 Å². The molecule has 9 heteroatoms. The van der Waals surface area contributed by atoms with Gasteiger partial charge in [0.25, 0.3) is 0 Å². The van der Waals surface area contributed by atoms with E-state index in [1.165, 1.54) is 7.11 Å². The number of esters is 1. The molecular weight excluding hydrogens is 440 g/mol. The number of ether oxygens (including phenoxy) is 3. The predicted molar refractivity (Wildman–Crippen MR) is 126 cm³/mol. The van der Waals surface area contributed by atoms with E-state index in [1.807, 2.05) is 36.4 Å². The zero-order valence-corrected chi connectivity index (χ0v) is 19.2. The first-order chi connectivity index (χ1) is 16.0. The predicted octanol–water partition coefficient (Wildman–Crippen LogP) is 3.79. The number of methoxy groups -OCH3 is 2. The largest absolute Gasteiger partial charge is 0.493 e. The monoisotopic (exact) mass is 462 g/mol. The highest BCUT2D eigenvalue weighted by atomic mass is 32.2.